The van der Waals surface area contributed by atoms with E-state index >= 15 is 0 Å². The quantitative estimate of drug-likeness (QED) is 0.655. The van der Waals surface area contributed by atoms with Crippen LogP contribution in [-0.2, 0) is 14.8 Å². The van der Waals surface area contributed by atoms with Crippen molar-refractivity contribution in [2.24, 2.45) is 23.5 Å². The van der Waals surface area contributed by atoms with Crippen LogP contribution in [0.25, 0.3) is 0 Å². The minimum absolute atomic E-state index is 0.0342. The Morgan fingerprint density at radius 1 is 1.30 bits per heavy atom. The number of nitrogens with one attached hydrogen (secondary N) is 2. The van der Waals surface area contributed by atoms with Crippen molar-refractivity contribution in [2.75, 3.05) is 12.8 Å². The zero-order chi connectivity index (χ0) is 15.1. The zero-order valence-electron chi connectivity index (χ0n) is 12.3. The maximum atomic E-state index is 12.3. The molecule has 4 unspecified atom stereocenters. The molecule has 0 heterocycles. The maximum absolute atomic E-state index is 12.3. The lowest BCUT2D eigenvalue weighted by atomic mass is 9.84. The Morgan fingerprint density at radius 3 is 2.40 bits per heavy atom. The van der Waals surface area contributed by atoms with E-state index in [9.17, 15) is 13.2 Å². The number of hydrogen-bond acceptors (Lipinski definition) is 4. The van der Waals surface area contributed by atoms with Gasteiger partial charge < -0.3 is 11.1 Å². The number of amides is 1. The number of hydrogen-bond donors (Lipinski definition) is 3. The topological polar surface area (TPSA) is 101 Å². The van der Waals surface area contributed by atoms with Crippen LogP contribution in [0.1, 0.15) is 33.1 Å². The van der Waals surface area contributed by atoms with Gasteiger partial charge in [-0.15, -0.1) is 0 Å². The molecule has 0 spiro atoms. The number of carbonyl (C=O) groups is 1. The van der Waals surface area contributed by atoms with E-state index in [-0.39, 0.29) is 24.4 Å². The molecule has 2 saturated carbocycles. The Bertz CT molecular complexity index is 487. The molecule has 0 radical (unpaired) electrons. The molecule has 4 N–H and O–H groups in total. The van der Waals surface area contributed by atoms with Gasteiger partial charge in [0.1, 0.15) is 0 Å². The van der Waals surface area contributed by atoms with Gasteiger partial charge in [-0.1, -0.05) is 0 Å². The number of carbonyl (C=O) groups excluding carboxylic acids is 1. The summed E-state index contributed by atoms with van der Waals surface area (Å²) in [5.74, 6) is 0.745. The minimum atomic E-state index is -3.29. The van der Waals surface area contributed by atoms with Crippen LogP contribution in [0, 0.1) is 17.8 Å². The second-order valence-corrected chi connectivity index (χ2v) is 8.66. The van der Waals surface area contributed by atoms with Crippen molar-refractivity contribution in [1.29, 1.82) is 0 Å². The van der Waals surface area contributed by atoms with E-state index in [2.05, 4.69) is 10.0 Å². The number of fused-ring (bicyclic) bond motifs is 2. The predicted molar refractivity (Wildman–Crippen MR) is 77.4 cm³/mol. The molecule has 2 rings (SSSR count). The van der Waals surface area contributed by atoms with Gasteiger partial charge in [0.05, 0.1) is 12.2 Å². The summed E-state index contributed by atoms with van der Waals surface area (Å²) in [6.07, 6.45) is 4.39. The van der Waals surface area contributed by atoms with E-state index in [0.717, 1.165) is 25.5 Å². The molecule has 116 valence electrons. The first-order chi connectivity index (χ1) is 9.09. The van der Waals surface area contributed by atoms with Gasteiger partial charge in [0.15, 0.2) is 0 Å². The molecule has 0 aromatic rings. The van der Waals surface area contributed by atoms with Crippen LogP contribution >= 0.6 is 0 Å². The van der Waals surface area contributed by atoms with Gasteiger partial charge in [0.2, 0.25) is 15.9 Å². The zero-order valence-corrected chi connectivity index (χ0v) is 13.2. The van der Waals surface area contributed by atoms with Gasteiger partial charge >= 0.3 is 0 Å². The van der Waals surface area contributed by atoms with E-state index < -0.39 is 15.6 Å². The van der Waals surface area contributed by atoms with Gasteiger partial charge in [0, 0.05) is 18.1 Å². The molecular formula is C13H25N3O3S. The monoisotopic (exact) mass is 303 g/mol. The lowest BCUT2D eigenvalue weighted by Gasteiger charge is -2.30. The van der Waals surface area contributed by atoms with Crippen LogP contribution in [-0.4, -0.2) is 38.7 Å². The van der Waals surface area contributed by atoms with Crippen LogP contribution in [0.4, 0.5) is 0 Å². The average Bonchev–Trinajstić information content (AvgIpc) is 2.83. The van der Waals surface area contributed by atoms with Gasteiger partial charge in [-0.3, -0.25) is 4.79 Å². The molecule has 6 nitrogen and oxygen atoms in total. The highest BCUT2D eigenvalue weighted by molar-refractivity contribution is 7.88. The third kappa shape index (κ3) is 3.51. The molecule has 2 fully saturated rings. The molecule has 0 aliphatic heterocycles. The molecule has 2 bridgehead atoms. The van der Waals surface area contributed by atoms with Crippen molar-refractivity contribution in [2.45, 2.75) is 44.7 Å². The highest BCUT2D eigenvalue weighted by Gasteiger charge is 2.49. The fraction of sp³-hybridized carbons (Fsp3) is 0.923. The molecule has 2 aliphatic rings. The number of sulfonamides is 1. The SMILES string of the molecule is CC(C)(CNC(=O)C1C2CCC(C2)C1N)NS(C)(=O)=O. The van der Waals surface area contributed by atoms with Crippen LogP contribution < -0.4 is 15.8 Å². The van der Waals surface area contributed by atoms with Crippen molar-refractivity contribution >= 4 is 15.9 Å². The minimum Gasteiger partial charge on any atom is -0.354 e. The molecule has 0 saturated heterocycles. The molecule has 0 aromatic carbocycles. The van der Waals surface area contributed by atoms with Gasteiger partial charge in [-0.05, 0) is 44.9 Å². The molecule has 4 atom stereocenters. The van der Waals surface area contributed by atoms with E-state index in [1.54, 1.807) is 13.8 Å². The Hall–Kier alpha value is -0.660. The first kappa shape index (κ1) is 15.7. The maximum Gasteiger partial charge on any atom is 0.225 e. The lowest BCUT2D eigenvalue weighted by Crippen LogP contribution is -2.53. The lowest BCUT2D eigenvalue weighted by molar-refractivity contribution is -0.127. The van der Waals surface area contributed by atoms with Crippen molar-refractivity contribution < 1.29 is 13.2 Å². The summed E-state index contributed by atoms with van der Waals surface area (Å²) < 4.78 is 25.0. The standard InChI is InChI=1S/C13H25N3O3S/c1-13(2,16-20(3,18)19)7-15-12(17)10-8-4-5-9(6-8)11(10)14/h8-11,16H,4-7,14H2,1-3H3,(H,15,17). The molecule has 2 aliphatic carbocycles. The largest absolute Gasteiger partial charge is 0.354 e. The van der Waals surface area contributed by atoms with E-state index in [0.29, 0.717) is 11.8 Å². The van der Waals surface area contributed by atoms with Crippen molar-refractivity contribution in [1.82, 2.24) is 10.0 Å². The van der Waals surface area contributed by atoms with Gasteiger partial charge in [-0.2, -0.15) is 0 Å². The van der Waals surface area contributed by atoms with Gasteiger partial charge in [-0.25, -0.2) is 13.1 Å². The van der Waals surface area contributed by atoms with Crippen LogP contribution in [0.2, 0.25) is 0 Å². The van der Waals surface area contributed by atoms with Gasteiger partial charge in [0.25, 0.3) is 0 Å². The summed E-state index contributed by atoms with van der Waals surface area (Å²) in [7, 11) is -3.29. The fourth-order valence-corrected chi connectivity index (χ4v) is 4.76. The summed E-state index contributed by atoms with van der Waals surface area (Å²) >= 11 is 0. The normalized spacial score (nSPS) is 33.4. The van der Waals surface area contributed by atoms with Crippen LogP contribution in [0.15, 0.2) is 0 Å². The number of nitrogens with two attached hydrogens (primary N) is 1. The fourth-order valence-electron chi connectivity index (χ4n) is 3.69. The molecular weight excluding hydrogens is 278 g/mol. The predicted octanol–water partition coefficient (Wildman–Crippen LogP) is -0.196. The van der Waals surface area contributed by atoms with Crippen molar-refractivity contribution in [3.63, 3.8) is 0 Å². The summed E-state index contributed by atoms with van der Waals surface area (Å²) in [5, 5.41) is 2.86. The van der Waals surface area contributed by atoms with Crippen LogP contribution in [0.3, 0.4) is 0 Å². The Labute approximate surface area is 120 Å². The molecule has 20 heavy (non-hydrogen) atoms. The first-order valence-electron chi connectivity index (χ1n) is 7.11. The van der Waals surface area contributed by atoms with E-state index in [1.165, 1.54) is 0 Å². The third-order valence-corrected chi connectivity index (χ3v) is 5.37. The summed E-state index contributed by atoms with van der Waals surface area (Å²) in [6, 6.07) is -0.0419. The number of rotatable bonds is 5. The highest BCUT2D eigenvalue weighted by atomic mass is 32.2. The Morgan fingerprint density at radius 2 is 1.90 bits per heavy atom. The van der Waals surface area contributed by atoms with E-state index in [1.807, 2.05) is 0 Å². The second-order valence-electron chi connectivity index (χ2n) is 6.91. The summed E-state index contributed by atoms with van der Waals surface area (Å²) in [6.45, 7) is 3.75. The van der Waals surface area contributed by atoms with Crippen molar-refractivity contribution in [3.05, 3.63) is 0 Å². The molecule has 0 aromatic heterocycles. The molecule has 1 amide bonds. The highest BCUT2D eigenvalue weighted by Crippen LogP contribution is 2.47. The van der Waals surface area contributed by atoms with Crippen LogP contribution in [0.5, 0.6) is 0 Å². The smallest absolute Gasteiger partial charge is 0.225 e. The van der Waals surface area contributed by atoms with E-state index in [4.69, 9.17) is 5.73 Å². The molecule has 7 heteroatoms. The Kier molecular flexibility index (Phi) is 4.15. The van der Waals surface area contributed by atoms with Crippen molar-refractivity contribution in [3.8, 4) is 0 Å². The average molecular weight is 303 g/mol. The third-order valence-electron chi connectivity index (χ3n) is 4.45. The first-order valence-corrected chi connectivity index (χ1v) is 9.00. The Balaban J connectivity index is 1.89. The summed E-state index contributed by atoms with van der Waals surface area (Å²) in [5.41, 5.74) is 5.43. The second kappa shape index (κ2) is 5.27. The summed E-state index contributed by atoms with van der Waals surface area (Å²) in [4.78, 5) is 12.3.